The average molecular weight is 581 g/mol. The molecule has 11 heteroatoms. The van der Waals surface area contributed by atoms with E-state index in [1.54, 1.807) is 37.3 Å². The zero-order valence-electron chi connectivity index (χ0n) is 21.1. The Morgan fingerprint density at radius 1 is 0.974 bits per heavy atom. The van der Waals surface area contributed by atoms with Crippen molar-refractivity contribution in [3.8, 4) is 0 Å². The molecule has 0 aliphatic rings. The van der Waals surface area contributed by atoms with Crippen molar-refractivity contribution < 1.29 is 22.4 Å². The molecule has 0 unspecified atom stereocenters. The molecule has 3 rings (SSSR count). The van der Waals surface area contributed by atoms with Gasteiger partial charge in [-0.3, -0.25) is 13.9 Å². The number of anilines is 1. The topological polar surface area (TPSA) is 86.8 Å². The van der Waals surface area contributed by atoms with Crippen LogP contribution in [0.25, 0.3) is 0 Å². The van der Waals surface area contributed by atoms with Gasteiger partial charge in [-0.05, 0) is 67.4 Å². The fourth-order valence-corrected chi connectivity index (χ4v) is 5.63. The fourth-order valence-electron chi connectivity index (χ4n) is 3.89. The molecule has 0 aliphatic carbocycles. The van der Waals surface area contributed by atoms with Gasteiger partial charge in [0.1, 0.15) is 18.4 Å². The second kappa shape index (κ2) is 12.6. The van der Waals surface area contributed by atoms with Crippen LogP contribution in [0.3, 0.4) is 0 Å². The fraction of sp³-hybridized carbons (Fsp3) is 0.259. The Hall–Kier alpha value is -3.14. The minimum atomic E-state index is -4.23. The van der Waals surface area contributed by atoms with Crippen LogP contribution in [0.1, 0.15) is 24.5 Å². The van der Waals surface area contributed by atoms with Crippen molar-refractivity contribution in [3.05, 3.63) is 93.7 Å². The highest BCUT2D eigenvalue weighted by molar-refractivity contribution is 7.92. The number of hydrogen-bond acceptors (Lipinski definition) is 4. The van der Waals surface area contributed by atoms with E-state index in [4.69, 9.17) is 23.2 Å². The summed E-state index contributed by atoms with van der Waals surface area (Å²) in [6.07, 6.45) is 0.272. The number of benzene rings is 3. The zero-order valence-corrected chi connectivity index (χ0v) is 23.4. The molecular weight excluding hydrogens is 552 g/mol. The minimum Gasteiger partial charge on any atom is -0.357 e. The van der Waals surface area contributed by atoms with E-state index < -0.39 is 40.2 Å². The summed E-state index contributed by atoms with van der Waals surface area (Å²) < 4.78 is 42.0. The highest BCUT2D eigenvalue weighted by Crippen LogP contribution is 2.27. The number of nitrogens with zero attached hydrogens (tertiary/aromatic N) is 2. The van der Waals surface area contributed by atoms with Crippen LogP contribution in [0.5, 0.6) is 0 Å². The largest absolute Gasteiger partial charge is 0.357 e. The van der Waals surface area contributed by atoms with Crippen LogP contribution in [0.4, 0.5) is 10.1 Å². The number of hydrogen-bond donors (Lipinski definition) is 1. The molecule has 38 heavy (non-hydrogen) atoms. The van der Waals surface area contributed by atoms with Crippen LogP contribution in [0.2, 0.25) is 10.0 Å². The van der Waals surface area contributed by atoms with Gasteiger partial charge in [0.25, 0.3) is 10.0 Å². The van der Waals surface area contributed by atoms with Crippen molar-refractivity contribution in [3.63, 3.8) is 0 Å². The Bertz CT molecular complexity index is 1400. The summed E-state index contributed by atoms with van der Waals surface area (Å²) in [5, 5.41) is 3.17. The number of carbonyl (C=O) groups excluding carboxylic acids is 2. The summed E-state index contributed by atoms with van der Waals surface area (Å²) in [4.78, 5) is 27.8. The van der Waals surface area contributed by atoms with Crippen LogP contribution in [0.15, 0.2) is 71.6 Å². The first kappa shape index (κ1) is 29.4. The molecule has 0 fully saturated rings. The monoisotopic (exact) mass is 579 g/mol. The van der Waals surface area contributed by atoms with Crippen LogP contribution < -0.4 is 9.62 Å². The van der Waals surface area contributed by atoms with Gasteiger partial charge >= 0.3 is 0 Å². The third kappa shape index (κ3) is 6.83. The van der Waals surface area contributed by atoms with Gasteiger partial charge < -0.3 is 10.2 Å². The summed E-state index contributed by atoms with van der Waals surface area (Å²) >= 11 is 12.2. The van der Waals surface area contributed by atoms with E-state index in [0.29, 0.717) is 10.6 Å². The lowest BCUT2D eigenvalue weighted by atomic mass is 10.1. The highest BCUT2D eigenvalue weighted by Gasteiger charge is 2.33. The van der Waals surface area contributed by atoms with Crippen molar-refractivity contribution in [2.45, 2.75) is 37.8 Å². The number of rotatable bonds is 10. The van der Waals surface area contributed by atoms with Gasteiger partial charge in [0.2, 0.25) is 11.8 Å². The molecular formula is C27H28Cl2FN3O4S. The lowest BCUT2D eigenvalue weighted by Crippen LogP contribution is -2.51. The maximum Gasteiger partial charge on any atom is 0.264 e. The molecule has 1 atom stereocenters. The molecule has 0 saturated carbocycles. The summed E-state index contributed by atoms with van der Waals surface area (Å²) in [5.74, 6) is -1.60. The van der Waals surface area contributed by atoms with Crippen molar-refractivity contribution in [1.82, 2.24) is 10.2 Å². The van der Waals surface area contributed by atoms with Crippen molar-refractivity contribution in [1.29, 1.82) is 0 Å². The summed E-state index contributed by atoms with van der Waals surface area (Å²) in [6, 6.07) is 14.9. The van der Waals surface area contributed by atoms with E-state index in [1.807, 2.05) is 6.92 Å². The average Bonchev–Trinajstić information content (AvgIpc) is 2.89. The third-order valence-corrected chi connectivity index (χ3v) is 8.50. The lowest BCUT2D eigenvalue weighted by molar-refractivity contribution is -0.140. The lowest BCUT2D eigenvalue weighted by Gasteiger charge is -2.33. The molecule has 7 nitrogen and oxygen atoms in total. The summed E-state index contributed by atoms with van der Waals surface area (Å²) in [5.41, 5.74) is 1.56. The van der Waals surface area contributed by atoms with E-state index in [9.17, 15) is 22.4 Å². The van der Waals surface area contributed by atoms with Crippen LogP contribution in [-0.4, -0.2) is 44.8 Å². The van der Waals surface area contributed by atoms with Gasteiger partial charge in [-0.2, -0.15) is 0 Å². The van der Waals surface area contributed by atoms with Gasteiger partial charge in [-0.1, -0.05) is 53.9 Å². The molecule has 0 aliphatic heterocycles. The number of halogens is 3. The second-order valence-electron chi connectivity index (χ2n) is 8.61. The second-order valence-corrected chi connectivity index (χ2v) is 11.3. The molecule has 1 N–H and O–H groups in total. The molecule has 3 aromatic rings. The zero-order chi connectivity index (χ0) is 28.0. The Labute approximate surface area is 232 Å². The molecule has 0 aromatic heterocycles. The smallest absolute Gasteiger partial charge is 0.264 e. The summed E-state index contributed by atoms with van der Waals surface area (Å²) in [7, 11) is -2.77. The quantitative estimate of drug-likeness (QED) is 0.358. The Kier molecular flexibility index (Phi) is 9.76. The van der Waals surface area contributed by atoms with Crippen LogP contribution in [0, 0.1) is 12.7 Å². The number of nitrogens with one attached hydrogen (secondary N) is 1. The van der Waals surface area contributed by atoms with E-state index >= 15 is 0 Å². The molecule has 0 heterocycles. The van der Waals surface area contributed by atoms with Gasteiger partial charge in [0.05, 0.1) is 20.6 Å². The first-order valence-electron chi connectivity index (χ1n) is 11.8. The van der Waals surface area contributed by atoms with E-state index in [-0.39, 0.29) is 28.6 Å². The molecule has 0 bridgehead atoms. The van der Waals surface area contributed by atoms with Gasteiger partial charge in [0, 0.05) is 13.6 Å². The van der Waals surface area contributed by atoms with Crippen molar-refractivity contribution >= 4 is 50.7 Å². The van der Waals surface area contributed by atoms with Crippen molar-refractivity contribution in [2.75, 3.05) is 17.9 Å². The van der Waals surface area contributed by atoms with Gasteiger partial charge in [-0.25, -0.2) is 12.8 Å². The molecule has 0 radical (unpaired) electrons. The minimum absolute atomic E-state index is 0.0243. The Morgan fingerprint density at radius 2 is 1.61 bits per heavy atom. The Balaban J connectivity index is 2.06. The number of aryl methyl sites for hydroxylation is 1. The number of amides is 2. The first-order valence-corrected chi connectivity index (χ1v) is 14.0. The standard InChI is InChI=1S/C27H28Cl2FN3O4S/c1-4-25(27(35)31-3)32(16-19-7-14-23(28)24(29)15-19)26(34)17-33(21-10-8-20(30)9-11-21)38(36,37)22-12-5-18(2)6-13-22/h5-15,25H,4,16-17H2,1-3H3,(H,31,35)/t25-/m0/s1. The number of sulfonamides is 1. The summed E-state index contributed by atoms with van der Waals surface area (Å²) in [6.45, 7) is 2.91. The van der Waals surface area contributed by atoms with Crippen LogP contribution in [-0.2, 0) is 26.2 Å². The van der Waals surface area contributed by atoms with Gasteiger partial charge in [0.15, 0.2) is 0 Å². The molecule has 0 spiro atoms. The molecule has 0 saturated heterocycles. The maximum atomic E-state index is 13.8. The number of carbonyl (C=O) groups is 2. The van der Waals surface area contributed by atoms with E-state index in [0.717, 1.165) is 22.0 Å². The number of likely N-dealkylation sites (N-methyl/N-ethyl adjacent to an activating group) is 1. The van der Waals surface area contributed by atoms with Crippen molar-refractivity contribution in [2.24, 2.45) is 0 Å². The first-order chi connectivity index (χ1) is 18.0. The SMILES string of the molecule is CC[C@@H](C(=O)NC)N(Cc1ccc(Cl)c(Cl)c1)C(=O)CN(c1ccc(F)cc1)S(=O)(=O)c1ccc(C)cc1. The van der Waals surface area contributed by atoms with E-state index in [2.05, 4.69) is 5.32 Å². The van der Waals surface area contributed by atoms with E-state index in [1.165, 1.54) is 36.2 Å². The normalized spacial score (nSPS) is 12.1. The predicted octanol–water partition coefficient (Wildman–Crippen LogP) is 5.19. The van der Waals surface area contributed by atoms with Crippen LogP contribution >= 0.6 is 23.2 Å². The molecule has 202 valence electrons. The van der Waals surface area contributed by atoms with Gasteiger partial charge in [-0.15, -0.1) is 0 Å². The third-order valence-electron chi connectivity index (χ3n) is 5.97. The Morgan fingerprint density at radius 3 is 2.16 bits per heavy atom. The molecule has 2 amide bonds. The highest BCUT2D eigenvalue weighted by atomic mass is 35.5. The maximum absolute atomic E-state index is 13.8. The predicted molar refractivity (Wildman–Crippen MR) is 147 cm³/mol. The molecule has 3 aromatic carbocycles.